The van der Waals surface area contributed by atoms with Gasteiger partial charge in [-0.15, -0.1) is 0 Å². The Morgan fingerprint density at radius 1 is 1.12 bits per heavy atom. The molecule has 1 amide bonds. The van der Waals surface area contributed by atoms with E-state index >= 15 is 0 Å². The van der Waals surface area contributed by atoms with E-state index in [2.05, 4.69) is 24.1 Å². The van der Waals surface area contributed by atoms with E-state index in [9.17, 15) is 4.79 Å². The maximum absolute atomic E-state index is 12.6. The second kappa shape index (κ2) is 7.43. The van der Waals surface area contributed by atoms with Crippen LogP contribution in [0.4, 0.5) is 0 Å². The lowest BCUT2D eigenvalue weighted by Crippen LogP contribution is -2.32. The minimum atomic E-state index is -0.0244. The maximum Gasteiger partial charge on any atom is 0.224 e. The first-order chi connectivity index (χ1) is 12.1. The first-order valence-electron chi connectivity index (χ1n) is 8.57. The molecule has 0 aliphatic rings. The SMILES string of the molecule is COc1ccc(C(NC(=O)Cc2c[nH]c3ccccc23)C(C)C)cc1. The molecule has 1 heterocycles. The number of fused-ring (bicyclic) bond motifs is 1. The molecular formula is C21H24N2O2. The fourth-order valence-corrected chi connectivity index (χ4v) is 3.12. The molecule has 1 atom stereocenters. The molecule has 0 fully saturated rings. The first kappa shape index (κ1) is 17.1. The molecule has 0 radical (unpaired) electrons. The minimum Gasteiger partial charge on any atom is -0.497 e. The van der Waals surface area contributed by atoms with Crippen LogP contribution in [0, 0.1) is 5.92 Å². The van der Waals surface area contributed by atoms with E-state index in [0.29, 0.717) is 12.3 Å². The van der Waals surface area contributed by atoms with Crippen LogP contribution >= 0.6 is 0 Å². The van der Waals surface area contributed by atoms with Crippen LogP contribution in [-0.4, -0.2) is 18.0 Å². The van der Waals surface area contributed by atoms with Crippen LogP contribution < -0.4 is 10.1 Å². The number of amides is 1. The molecule has 3 rings (SSSR count). The van der Waals surface area contributed by atoms with Gasteiger partial charge in [0.15, 0.2) is 0 Å². The summed E-state index contributed by atoms with van der Waals surface area (Å²) in [6.45, 7) is 4.22. The third kappa shape index (κ3) is 3.85. The summed E-state index contributed by atoms with van der Waals surface area (Å²) >= 11 is 0. The molecule has 0 aliphatic carbocycles. The molecule has 0 bridgehead atoms. The highest BCUT2D eigenvalue weighted by molar-refractivity contribution is 5.89. The van der Waals surface area contributed by atoms with Crippen LogP contribution in [0.2, 0.25) is 0 Å². The summed E-state index contributed by atoms with van der Waals surface area (Å²) in [5.41, 5.74) is 3.16. The monoisotopic (exact) mass is 336 g/mol. The van der Waals surface area contributed by atoms with Gasteiger partial charge in [-0.2, -0.15) is 0 Å². The lowest BCUT2D eigenvalue weighted by atomic mass is 9.95. The van der Waals surface area contributed by atoms with E-state index in [-0.39, 0.29) is 11.9 Å². The van der Waals surface area contributed by atoms with Crippen molar-refractivity contribution in [2.24, 2.45) is 5.92 Å². The quantitative estimate of drug-likeness (QED) is 0.708. The standard InChI is InChI=1S/C21H24N2O2/c1-14(2)21(15-8-10-17(25-3)11-9-15)23-20(24)12-16-13-22-19-7-5-4-6-18(16)19/h4-11,13-14,21-22H,12H2,1-3H3,(H,23,24). The third-order valence-electron chi connectivity index (χ3n) is 4.48. The Labute approximate surface area is 148 Å². The smallest absolute Gasteiger partial charge is 0.224 e. The second-order valence-corrected chi connectivity index (χ2v) is 6.60. The van der Waals surface area contributed by atoms with E-state index < -0.39 is 0 Å². The number of methoxy groups -OCH3 is 1. The molecule has 25 heavy (non-hydrogen) atoms. The number of hydrogen-bond acceptors (Lipinski definition) is 2. The minimum absolute atomic E-state index is 0.0244. The van der Waals surface area contributed by atoms with E-state index in [1.807, 2.05) is 54.7 Å². The molecule has 0 saturated carbocycles. The van der Waals surface area contributed by atoms with Crippen molar-refractivity contribution in [3.05, 3.63) is 65.9 Å². The van der Waals surface area contributed by atoms with Gasteiger partial charge in [0.1, 0.15) is 5.75 Å². The third-order valence-corrected chi connectivity index (χ3v) is 4.48. The van der Waals surface area contributed by atoms with E-state index in [1.54, 1.807) is 7.11 Å². The van der Waals surface area contributed by atoms with E-state index in [4.69, 9.17) is 4.74 Å². The lowest BCUT2D eigenvalue weighted by Gasteiger charge is -2.23. The van der Waals surface area contributed by atoms with Gasteiger partial charge in [0.05, 0.1) is 19.6 Å². The number of hydrogen-bond donors (Lipinski definition) is 2. The summed E-state index contributed by atoms with van der Waals surface area (Å²) in [6.07, 6.45) is 2.28. The van der Waals surface area contributed by atoms with Crippen LogP contribution in [0.5, 0.6) is 5.75 Å². The van der Waals surface area contributed by atoms with Gasteiger partial charge in [-0.1, -0.05) is 44.2 Å². The van der Waals surface area contributed by atoms with E-state index in [0.717, 1.165) is 27.8 Å². The van der Waals surface area contributed by atoms with Gasteiger partial charge in [-0.25, -0.2) is 0 Å². The van der Waals surface area contributed by atoms with Crippen LogP contribution in [-0.2, 0) is 11.2 Å². The first-order valence-corrected chi connectivity index (χ1v) is 8.57. The maximum atomic E-state index is 12.6. The highest BCUT2D eigenvalue weighted by Gasteiger charge is 2.19. The van der Waals surface area contributed by atoms with Gasteiger partial charge >= 0.3 is 0 Å². The average Bonchev–Trinajstić information content (AvgIpc) is 3.03. The van der Waals surface area contributed by atoms with E-state index in [1.165, 1.54) is 0 Å². The summed E-state index contributed by atoms with van der Waals surface area (Å²) < 4.78 is 5.21. The molecule has 2 aromatic carbocycles. The lowest BCUT2D eigenvalue weighted by molar-refractivity contribution is -0.121. The molecule has 3 aromatic rings. The fourth-order valence-electron chi connectivity index (χ4n) is 3.12. The zero-order chi connectivity index (χ0) is 17.8. The van der Waals surface area contributed by atoms with Crippen LogP contribution in [0.25, 0.3) is 10.9 Å². The normalized spacial score (nSPS) is 12.3. The fraction of sp³-hybridized carbons (Fsp3) is 0.286. The van der Waals surface area contributed by atoms with Crippen molar-refractivity contribution in [3.8, 4) is 5.75 Å². The molecule has 0 saturated heterocycles. The van der Waals surface area contributed by atoms with Gasteiger partial charge in [0.2, 0.25) is 5.91 Å². The number of carbonyl (C=O) groups excluding carboxylic acids is 1. The van der Waals surface area contributed by atoms with Crippen molar-refractivity contribution < 1.29 is 9.53 Å². The number of benzene rings is 2. The molecule has 1 aromatic heterocycles. The van der Waals surface area contributed by atoms with Gasteiger partial charge < -0.3 is 15.0 Å². The Balaban J connectivity index is 1.74. The molecule has 1 unspecified atom stereocenters. The molecular weight excluding hydrogens is 312 g/mol. The number of ether oxygens (including phenoxy) is 1. The largest absolute Gasteiger partial charge is 0.497 e. The van der Waals surface area contributed by atoms with Gasteiger partial charge in [0.25, 0.3) is 0 Å². The molecule has 2 N–H and O–H groups in total. The Kier molecular flexibility index (Phi) is 5.08. The van der Waals surface area contributed by atoms with Gasteiger partial charge in [-0.3, -0.25) is 4.79 Å². The predicted octanol–water partition coefficient (Wildman–Crippen LogP) is 4.23. The summed E-state index contributed by atoms with van der Waals surface area (Å²) in [5.74, 6) is 1.14. The van der Waals surface area contributed by atoms with Crippen molar-refractivity contribution in [1.82, 2.24) is 10.3 Å². The number of para-hydroxylation sites is 1. The average molecular weight is 336 g/mol. The Hall–Kier alpha value is -2.75. The topological polar surface area (TPSA) is 54.1 Å². The number of carbonyl (C=O) groups is 1. The molecule has 4 nitrogen and oxygen atoms in total. The predicted molar refractivity (Wildman–Crippen MR) is 101 cm³/mol. The van der Waals surface area contributed by atoms with Crippen molar-refractivity contribution in [1.29, 1.82) is 0 Å². The summed E-state index contributed by atoms with van der Waals surface area (Å²) in [6, 6.07) is 15.9. The van der Waals surface area contributed by atoms with Crippen molar-refractivity contribution in [2.45, 2.75) is 26.3 Å². The Morgan fingerprint density at radius 3 is 2.52 bits per heavy atom. The highest BCUT2D eigenvalue weighted by atomic mass is 16.5. The molecule has 130 valence electrons. The zero-order valence-electron chi connectivity index (χ0n) is 14.9. The van der Waals surface area contributed by atoms with Crippen molar-refractivity contribution in [2.75, 3.05) is 7.11 Å². The summed E-state index contributed by atoms with van der Waals surface area (Å²) in [4.78, 5) is 15.8. The summed E-state index contributed by atoms with van der Waals surface area (Å²) in [7, 11) is 1.65. The van der Waals surface area contributed by atoms with Crippen LogP contribution in [0.1, 0.15) is 31.0 Å². The molecule has 0 aliphatic heterocycles. The summed E-state index contributed by atoms with van der Waals surface area (Å²) in [5, 5.41) is 4.28. The van der Waals surface area contributed by atoms with Crippen LogP contribution in [0.15, 0.2) is 54.7 Å². The second-order valence-electron chi connectivity index (χ2n) is 6.60. The molecule has 4 heteroatoms. The number of aromatic nitrogens is 1. The van der Waals surface area contributed by atoms with Gasteiger partial charge in [0, 0.05) is 17.1 Å². The van der Waals surface area contributed by atoms with Gasteiger partial charge in [-0.05, 0) is 35.2 Å². The van der Waals surface area contributed by atoms with Crippen LogP contribution in [0.3, 0.4) is 0 Å². The van der Waals surface area contributed by atoms with Crippen molar-refractivity contribution >= 4 is 16.8 Å². The number of rotatable bonds is 6. The number of nitrogens with one attached hydrogen (secondary N) is 2. The Bertz CT molecular complexity index is 850. The zero-order valence-corrected chi connectivity index (χ0v) is 14.9. The number of H-pyrrole nitrogens is 1. The highest BCUT2D eigenvalue weighted by Crippen LogP contribution is 2.24. The Morgan fingerprint density at radius 2 is 1.84 bits per heavy atom. The molecule has 0 spiro atoms. The number of aromatic amines is 1. The van der Waals surface area contributed by atoms with Crippen molar-refractivity contribution in [3.63, 3.8) is 0 Å².